The highest BCUT2D eigenvalue weighted by molar-refractivity contribution is 5.84. The van der Waals surface area contributed by atoms with E-state index in [2.05, 4.69) is 0 Å². The molecular formula is C16H19NO5. The molecule has 0 saturated carbocycles. The van der Waals surface area contributed by atoms with Crippen LogP contribution in [0.4, 0.5) is 0 Å². The predicted octanol–water partition coefficient (Wildman–Crippen LogP) is 1.00. The van der Waals surface area contributed by atoms with Gasteiger partial charge in [0, 0.05) is 6.54 Å². The summed E-state index contributed by atoms with van der Waals surface area (Å²) in [5.41, 5.74) is 2.23. The fraction of sp³-hybridized carbons (Fsp3) is 0.500. The standard InChI is InChI=1S/C16H19NO5/c18-15(17-6-8-21-10-13(17)16(19)20)9-14-12-4-2-1-3-11(12)5-7-22-14/h1-4,13-14H,5-10H2,(H,19,20). The van der Waals surface area contributed by atoms with Crippen LogP contribution in [0.15, 0.2) is 24.3 Å². The molecule has 2 atom stereocenters. The van der Waals surface area contributed by atoms with Gasteiger partial charge >= 0.3 is 5.97 Å². The van der Waals surface area contributed by atoms with Gasteiger partial charge in [-0.3, -0.25) is 4.79 Å². The number of rotatable bonds is 3. The molecule has 2 aliphatic rings. The number of hydrogen-bond acceptors (Lipinski definition) is 4. The van der Waals surface area contributed by atoms with Crippen molar-refractivity contribution < 1.29 is 24.2 Å². The van der Waals surface area contributed by atoms with Crippen molar-refractivity contribution >= 4 is 11.9 Å². The van der Waals surface area contributed by atoms with Crippen molar-refractivity contribution in [3.63, 3.8) is 0 Å². The Morgan fingerprint density at radius 1 is 1.27 bits per heavy atom. The zero-order valence-electron chi connectivity index (χ0n) is 12.2. The van der Waals surface area contributed by atoms with E-state index in [1.165, 1.54) is 10.5 Å². The molecule has 1 saturated heterocycles. The topological polar surface area (TPSA) is 76.1 Å². The first kappa shape index (κ1) is 15.0. The molecule has 0 spiro atoms. The third-order valence-electron chi connectivity index (χ3n) is 4.19. The van der Waals surface area contributed by atoms with Crippen LogP contribution in [0.3, 0.4) is 0 Å². The monoisotopic (exact) mass is 305 g/mol. The summed E-state index contributed by atoms with van der Waals surface area (Å²) >= 11 is 0. The maximum absolute atomic E-state index is 12.5. The van der Waals surface area contributed by atoms with Crippen LogP contribution in [0.5, 0.6) is 0 Å². The molecule has 0 aromatic heterocycles. The number of carboxylic acid groups (broad SMARTS) is 1. The molecule has 1 fully saturated rings. The molecule has 0 aliphatic carbocycles. The molecule has 2 aliphatic heterocycles. The molecule has 22 heavy (non-hydrogen) atoms. The Labute approximate surface area is 128 Å². The number of amides is 1. The van der Waals surface area contributed by atoms with Gasteiger partial charge in [0.25, 0.3) is 0 Å². The summed E-state index contributed by atoms with van der Waals surface area (Å²) in [4.78, 5) is 25.2. The molecule has 1 N–H and O–H groups in total. The molecule has 2 unspecified atom stereocenters. The van der Waals surface area contributed by atoms with Crippen LogP contribution in [0.2, 0.25) is 0 Å². The van der Waals surface area contributed by atoms with Crippen molar-refractivity contribution in [3.8, 4) is 0 Å². The number of hydrogen-bond donors (Lipinski definition) is 1. The fourth-order valence-electron chi connectivity index (χ4n) is 3.03. The smallest absolute Gasteiger partial charge is 0.328 e. The summed E-state index contributed by atoms with van der Waals surface area (Å²) in [6.45, 7) is 1.31. The highest BCUT2D eigenvalue weighted by Crippen LogP contribution is 2.30. The minimum atomic E-state index is -1.03. The van der Waals surface area contributed by atoms with E-state index in [0.29, 0.717) is 19.8 Å². The zero-order valence-corrected chi connectivity index (χ0v) is 12.2. The average Bonchev–Trinajstić information content (AvgIpc) is 2.55. The highest BCUT2D eigenvalue weighted by Gasteiger charge is 2.34. The Kier molecular flexibility index (Phi) is 4.40. The quantitative estimate of drug-likeness (QED) is 0.901. The van der Waals surface area contributed by atoms with Crippen molar-refractivity contribution in [2.45, 2.75) is 25.0 Å². The summed E-state index contributed by atoms with van der Waals surface area (Å²) in [6.07, 6.45) is 0.714. The fourth-order valence-corrected chi connectivity index (χ4v) is 3.03. The van der Waals surface area contributed by atoms with Gasteiger partial charge in [-0.25, -0.2) is 4.79 Å². The lowest BCUT2D eigenvalue weighted by atomic mass is 9.95. The first-order valence-electron chi connectivity index (χ1n) is 7.46. The molecule has 3 rings (SSSR count). The number of carbonyl (C=O) groups excluding carboxylic acids is 1. The Bertz CT molecular complexity index is 573. The van der Waals surface area contributed by atoms with Gasteiger partial charge in [0.1, 0.15) is 0 Å². The van der Waals surface area contributed by atoms with E-state index in [4.69, 9.17) is 9.47 Å². The Balaban J connectivity index is 1.73. The van der Waals surface area contributed by atoms with Gasteiger partial charge in [-0.2, -0.15) is 0 Å². The van der Waals surface area contributed by atoms with Gasteiger partial charge in [-0.1, -0.05) is 24.3 Å². The molecule has 1 amide bonds. The van der Waals surface area contributed by atoms with Gasteiger partial charge in [-0.15, -0.1) is 0 Å². The molecule has 118 valence electrons. The molecule has 0 radical (unpaired) electrons. The summed E-state index contributed by atoms with van der Waals surface area (Å²) < 4.78 is 10.9. The lowest BCUT2D eigenvalue weighted by molar-refractivity contribution is -0.159. The summed E-state index contributed by atoms with van der Waals surface area (Å²) in [5.74, 6) is -1.23. The molecule has 2 heterocycles. The Hall–Kier alpha value is -1.92. The molecule has 6 heteroatoms. The summed E-state index contributed by atoms with van der Waals surface area (Å²) in [7, 11) is 0. The number of nitrogens with zero attached hydrogens (tertiary/aromatic N) is 1. The van der Waals surface area contributed by atoms with Gasteiger partial charge in [0.05, 0.1) is 32.3 Å². The number of morpholine rings is 1. The zero-order chi connectivity index (χ0) is 15.5. The van der Waals surface area contributed by atoms with Crippen molar-refractivity contribution in [2.75, 3.05) is 26.4 Å². The van der Waals surface area contributed by atoms with Crippen LogP contribution in [0, 0.1) is 0 Å². The van der Waals surface area contributed by atoms with Crippen molar-refractivity contribution in [1.29, 1.82) is 0 Å². The average molecular weight is 305 g/mol. The number of carboxylic acids is 1. The van der Waals surface area contributed by atoms with Crippen LogP contribution in [0.1, 0.15) is 23.7 Å². The number of fused-ring (bicyclic) bond motifs is 1. The predicted molar refractivity (Wildman–Crippen MR) is 77.4 cm³/mol. The van der Waals surface area contributed by atoms with Crippen LogP contribution in [-0.4, -0.2) is 54.3 Å². The van der Waals surface area contributed by atoms with Crippen LogP contribution in [0.25, 0.3) is 0 Å². The highest BCUT2D eigenvalue weighted by atomic mass is 16.5. The van der Waals surface area contributed by atoms with E-state index in [-0.39, 0.29) is 25.0 Å². The van der Waals surface area contributed by atoms with Gasteiger partial charge < -0.3 is 19.5 Å². The second-order valence-electron chi connectivity index (χ2n) is 5.53. The molecule has 1 aromatic rings. The Morgan fingerprint density at radius 2 is 2.09 bits per heavy atom. The molecular weight excluding hydrogens is 286 g/mol. The minimum absolute atomic E-state index is 0.0448. The number of aliphatic carboxylic acids is 1. The number of carbonyl (C=O) groups is 2. The van der Waals surface area contributed by atoms with E-state index in [0.717, 1.165) is 12.0 Å². The van der Waals surface area contributed by atoms with Gasteiger partial charge in [0.15, 0.2) is 6.04 Å². The van der Waals surface area contributed by atoms with Crippen LogP contribution >= 0.6 is 0 Å². The lowest BCUT2D eigenvalue weighted by Gasteiger charge is -2.34. The first-order valence-corrected chi connectivity index (χ1v) is 7.46. The van der Waals surface area contributed by atoms with Crippen LogP contribution in [-0.2, 0) is 25.5 Å². The molecule has 0 bridgehead atoms. The van der Waals surface area contributed by atoms with Crippen molar-refractivity contribution in [1.82, 2.24) is 4.90 Å². The van der Waals surface area contributed by atoms with E-state index in [1.807, 2.05) is 24.3 Å². The number of benzene rings is 1. The summed E-state index contributed by atoms with van der Waals surface area (Å²) in [5, 5.41) is 9.22. The Morgan fingerprint density at radius 3 is 2.91 bits per heavy atom. The minimum Gasteiger partial charge on any atom is -0.480 e. The normalized spacial score (nSPS) is 24.6. The van der Waals surface area contributed by atoms with Crippen molar-refractivity contribution in [2.24, 2.45) is 0 Å². The number of ether oxygens (including phenoxy) is 2. The van der Waals surface area contributed by atoms with Crippen LogP contribution < -0.4 is 0 Å². The third-order valence-corrected chi connectivity index (χ3v) is 4.19. The third kappa shape index (κ3) is 2.98. The lowest BCUT2D eigenvalue weighted by Crippen LogP contribution is -2.52. The summed E-state index contributed by atoms with van der Waals surface area (Å²) in [6, 6.07) is 7.02. The van der Waals surface area contributed by atoms with Gasteiger partial charge in [-0.05, 0) is 17.5 Å². The SMILES string of the molecule is O=C(O)C1COCCN1C(=O)CC1OCCc2ccccc21. The van der Waals surface area contributed by atoms with Gasteiger partial charge in [0.2, 0.25) is 5.91 Å². The largest absolute Gasteiger partial charge is 0.480 e. The van der Waals surface area contributed by atoms with E-state index >= 15 is 0 Å². The second-order valence-corrected chi connectivity index (χ2v) is 5.53. The van der Waals surface area contributed by atoms with E-state index in [1.54, 1.807) is 0 Å². The maximum atomic E-state index is 12.5. The molecule has 1 aromatic carbocycles. The molecule has 6 nitrogen and oxygen atoms in total. The van der Waals surface area contributed by atoms with E-state index in [9.17, 15) is 14.7 Å². The van der Waals surface area contributed by atoms with E-state index < -0.39 is 12.0 Å². The maximum Gasteiger partial charge on any atom is 0.328 e. The second kappa shape index (κ2) is 6.46. The first-order chi connectivity index (χ1) is 10.7. The van der Waals surface area contributed by atoms with Crippen molar-refractivity contribution in [3.05, 3.63) is 35.4 Å².